The lowest BCUT2D eigenvalue weighted by Crippen LogP contribution is -2.38. The van der Waals surface area contributed by atoms with Crippen molar-refractivity contribution in [3.8, 4) is 0 Å². The zero-order chi connectivity index (χ0) is 15.0. The van der Waals surface area contributed by atoms with Gasteiger partial charge in [0.1, 0.15) is 5.76 Å². The maximum absolute atomic E-state index is 12.7. The Kier molecular flexibility index (Phi) is 4.12. The summed E-state index contributed by atoms with van der Waals surface area (Å²) in [6.45, 7) is 5.04. The molecule has 6 heteroatoms. The zero-order valence-corrected chi connectivity index (χ0v) is 13.5. The predicted molar refractivity (Wildman–Crippen MR) is 80.3 cm³/mol. The van der Waals surface area contributed by atoms with Crippen LogP contribution in [0.25, 0.3) is 0 Å². The quantitative estimate of drug-likeness (QED) is 0.800. The Hall–Kier alpha value is -0.850. The van der Waals surface area contributed by atoms with Gasteiger partial charge in [0.2, 0.25) is 5.09 Å². The molecule has 21 heavy (non-hydrogen) atoms. The van der Waals surface area contributed by atoms with Gasteiger partial charge in [0, 0.05) is 18.6 Å². The molecule has 2 aliphatic carbocycles. The van der Waals surface area contributed by atoms with E-state index < -0.39 is 10.0 Å². The summed E-state index contributed by atoms with van der Waals surface area (Å²) in [5.41, 5.74) is 0. The Balaban J connectivity index is 1.72. The third kappa shape index (κ3) is 3.67. The average Bonchev–Trinajstić information content (AvgIpc) is 3.34. The zero-order valence-electron chi connectivity index (χ0n) is 12.7. The fraction of sp³-hybridized carbons (Fsp3) is 0.733. The second-order valence-corrected chi connectivity index (χ2v) is 8.31. The molecule has 0 spiro atoms. The number of hydrogen-bond acceptors (Lipinski definition) is 4. The Bertz CT molecular complexity index is 586. The van der Waals surface area contributed by atoms with Crippen LogP contribution in [0.5, 0.6) is 0 Å². The molecule has 0 aromatic carbocycles. The normalized spacial score (nSPS) is 19.6. The molecule has 0 aliphatic heterocycles. The highest BCUT2D eigenvalue weighted by Gasteiger charge is 2.35. The van der Waals surface area contributed by atoms with E-state index in [-0.39, 0.29) is 11.1 Å². The molecular formula is C15H24N2O3S. The second kappa shape index (κ2) is 5.74. The molecule has 0 saturated heterocycles. The molecule has 0 unspecified atom stereocenters. The summed E-state index contributed by atoms with van der Waals surface area (Å²) in [6.07, 6.45) is 4.67. The van der Waals surface area contributed by atoms with E-state index in [1.165, 1.54) is 12.8 Å². The van der Waals surface area contributed by atoms with E-state index in [4.69, 9.17) is 4.42 Å². The van der Waals surface area contributed by atoms with Gasteiger partial charge in [0.05, 0.1) is 6.54 Å². The minimum Gasteiger partial charge on any atom is -0.447 e. The molecule has 0 bridgehead atoms. The highest BCUT2D eigenvalue weighted by molar-refractivity contribution is 7.89. The maximum atomic E-state index is 12.7. The van der Waals surface area contributed by atoms with Gasteiger partial charge in [-0.1, -0.05) is 0 Å². The van der Waals surface area contributed by atoms with Crippen molar-refractivity contribution in [1.29, 1.82) is 0 Å². The van der Waals surface area contributed by atoms with Gasteiger partial charge in [-0.25, -0.2) is 8.42 Å². The lowest BCUT2D eigenvalue weighted by molar-refractivity contribution is 0.321. The lowest BCUT2D eigenvalue weighted by atomic mass is 10.3. The van der Waals surface area contributed by atoms with Crippen molar-refractivity contribution in [1.82, 2.24) is 9.62 Å². The number of furan rings is 1. The van der Waals surface area contributed by atoms with Gasteiger partial charge in [-0.05, 0) is 57.6 Å². The van der Waals surface area contributed by atoms with Crippen LogP contribution >= 0.6 is 0 Å². The van der Waals surface area contributed by atoms with Crippen molar-refractivity contribution in [3.63, 3.8) is 0 Å². The summed E-state index contributed by atoms with van der Waals surface area (Å²) < 4.78 is 32.6. The van der Waals surface area contributed by atoms with Crippen molar-refractivity contribution in [2.24, 2.45) is 5.92 Å². The van der Waals surface area contributed by atoms with Crippen LogP contribution in [0, 0.1) is 5.92 Å². The third-order valence-corrected chi connectivity index (χ3v) is 5.97. The molecule has 1 aromatic heterocycles. The molecule has 1 heterocycles. The van der Waals surface area contributed by atoms with E-state index in [9.17, 15) is 8.42 Å². The van der Waals surface area contributed by atoms with Gasteiger partial charge in [-0.2, -0.15) is 4.31 Å². The van der Waals surface area contributed by atoms with Crippen LogP contribution in [0.3, 0.4) is 0 Å². The first kappa shape index (κ1) is 15.1. The summed E-state index contributed by atoms with van der Waals surface area (Å²) in [6, 6.07) is 3.88. The molecule has 0 amide bonds. The van der Waals surface area contributed by atoms with E-state index in [2.05, 4.69) is 5.32 Å². The summed E-state index contributed by atoms with van der Waals surface area (Å²) in [5.74, 6) is 1.21. The molecule has 0 radical (unpaired) electrons. The Morgan fingerprint density at radius 1 is 1.29 bits per heavy atom. The van der Waals surface area contributed by atoms with Gasteiger partial charge in [0.15, 0.2) is 0 Å². The van der Waals surface area contributed by atoms with Crippen molar-refractivity contribution in [3.05, 3.63) is 17.9 Å². The van der Waals surface area contributed by atoms with Crippen molar-refractivity contribution < 1.29 is 12.8 Å². The first-order valence-corrected chi connectivity index (χ1v) is 9.25. The molecule has 1 N–H and O–H groups in total. The average molecular weight is 312 g/mol. The van der Waals surface area contributed by atoms with Gasteiger partial charge < -0.3 is 9.73 Å². The van der Waals surface area contributed by atoms with Crippen LogP contribution in [0.2, 0.25) is 0 Å². The maximum Gasteiger partial charge on any atom is 0.276 e. The predicted octanol–water partition coefficient (Wildman–Crippen LogP) is 2.34. The van der Waals surface area contributed by atoms with Gasteiger partial charge >= 0.3 is 0 Å². The topological polar surface area (TPSA) is 62.6 Å². The largest absolute Gasteiger partial charge is 0.447 e. The Morgan fingerprint density at radius 3 is 2.57 bits per heavy atom. The fourth-order valence-electron chi connectivity index (χ4n) is 2.38. The minimum absolute atomic E-state index is 0.0475. The summed E-state index contributed by atoms with van der Waals surface area (Å²) in [5, 5.41) is 3.40. The van der Waals surface area contributed by atoms with E-state index in [0.717, 1.165) is 12.8 Å². The van der Waals surface area contributed by atoms with E-state index >= 15 is 0 Å². The van der Waals surface area contributed by atoms with Gasteiger partial charge in [-0.3, -0.25) is 0 Å². The molecule has 2 fully saturated rings. The molecule has 2 aliphatic rings. The molecule has 1 aromatic rings. The summed E-state index contributed by atoms with van der Waals surface area (Å²) >= 11 is 0. The van der Waals surface area contributed by atoms with Crippen LogP contribution in [0.15, 0.2) is 21.6 Å². The van der Waals surface area contributed by atoms with Crippen molar-refractivity contribution >= 4 is 10.0 Å². The third-order valence-electron chi connectivity index (χ3n) is 4.05. The van der Waals surface area contributed by atoms with E-state index in [0.29, 0.717) is 30.8 Å². The molecule has 5 nitrogen and oxygen atoms in total. The number of nitrogens with zero attached hydrogens (tertiary/aromatic N) is 1. The van der Waals surface area contributed by atoms with Crippen LogP contribution < -0.4 is 5.32 Å². The van der Waals surface area contributed by atoms with Crippen LogP contribution in [-0.2, 0) is 16.6 Å². The molecule has 2 saturated carbocycles. The van der Waals surface area contributed by atoms with Crippen LogP contribution in [0.4, 0.5) is 0 Å². The first-order valence-electron chi connectivity index (χ1n) is 7.81. The highest BCUT2D eigenvalue weighted by atomic mass is 32.2. The Morgan fingerprint density at radius 2 is 2.00 bits per heavy atom. The SMILES string of the molecule is CC(C)N(CC1CC1)S(=O)(=O)c1ccc(CNC2CC2)o1. The molecule has 3 rings (SSSR count). The van der Waals surface area contributed by atoms with E-state index in [1.54, 1.807) is 16.4 Å². The van der Waals surface area contributed by atoms with E-state index in [1.807, 2.05) is 13.8 Å². The fourth-order valence-corrected chi connectivity index (χ4v) is 4.03. The molecule has 0 atom stereocenters. The Labute approximate surface area is 126 Å². The monoisotopic (exact) mass is 312 g/mol. The summed E-state index contributed by atoms with van der Waals surface area (Å²) in [7, 11) is -3.52. The van der Waals surface area contributed by atoms with Crippen LogP contribution in [-0.4, -0.2) is 31.4 Å². The molecular weight excluding hydrogens is 288 g/mol. The smallest absolute Gasteiger partial charge is 0.276 e. The van der Waals surface area contributed by atoms with Gasteiger partial charge in [0.25, 0.3) is 10.0 Å². The second-order valence-electron chi connectivity index (χ2n) is 6.49. The highest BCUT2D eigenvalue weighted by Crippen LogP contribution is 2.33. The lowest BCUT2D eigenvalue weighted by Gasteiger charge is -2.24. The first-order chi connectivity index (χ1) is 9.96. The van der Waals surface area contributed by atoms with Crippen molar-refractivity contribution in [2.45, 2.75) is 63.3 Å². The number of sulfonamides is 1. The van der Waals surface area contributed by atoms with Crippen LogP contribution in [0.1, 0.15) is 45.3 Å². The molecule has 118 valence electrons. The van der Waals surface area contributed by atoms with Gasteiger partial charge in [-0.15, -0.1) is 0 Å². The standard InChI is InChI=1S/C15H24N2O3S/c1-11(2)17(10-12-3-4-12)21(18,19)15-8-7-14(20-15)9-16-13-5-6-13/h7-8,11-13,16H,3-6,9-10H2,1-2H3. The van der Waals surface area contributed by atoms with Crippen molar-refractivity contribution in [2.75, 3.05) is 6.54 Å². The number of rotatable bonds is 8. The summed E-state index contributed by atoms with van der Waals surface area (Å²) in [4.78, 5) is 0. The number of nitrogens with one attached hydrogen (secondary N) is 1. The minimum atomic E-state index is -3.52. The number of hydrogen-bond donors (Lipinski definition) is 1.